The number of benzene rings is 1. The van der Waals surface area contributed by atoms with Crippen molar-refractivity contribution in [1.82, 2.24) is 4.57 Å². The Kier molecular flexibility index (Phi) is 6.07. The predicted octanol–water partition coefficient (Wildman–Crippen LogP) is 5.01. The summed E-state index contributed by atoms with van der Waals surface area (Å²) < 4.78 is 21.3. The van der Waals surface area contributed by atoms with Crippen molar-refractivity contribution in [3.63, 3.8) is 0 Å². The molecule has 0 aliphatic carbocycles. The van der Waals surface area contributed by atoms with Crippen molar-refractivity contribution in [3.05, 3.63) is 46.4 Å². The van der Waals surface area contributed by atoms with E-state index in [0.717, 1.165) is 10.5 Å². The molecule has 1 heterocycles. The summed E-state index contributed by atoms with van der Waals surface area (Å²) in [7, 11) is 0. The van der Waals surface area contributed by atoms with Crippen LogP contribution >= 0.6 is 15.9 Å². The molecule has 0 unspecified atom stereocenters. The van der Waals surface area contributed by atoms with Gasteiger partial charge in [-0.25, -0.2) is 9.18 Å². The number of hydrogen-bond acceptors (Lipinski definition) is 3. The summed E-state index contributed by atoms with van der Waals surface area (Å²) in [5.74, 6) is -0.961. The fourth-order valence-electron chi connectivity index (χ4n) is 2.26. The second kappa shape index (κ2) is 7.90. The lowest BCUT2D eigenvalue weighted by atomic mass is 10.2. The van der Waals surface area contributed by atoms with Crippen LogP contribution in [0.2, 0.25) is 0 Å². The molecule has 140 valence electrons. The summed E-state index contributed by atoms with van der Waals surface area (Å²) in [5, 5.41) is 5.16. The van der Waals surface area contributed by atoms with E-state index in [4.69, 9.17) is 4.74 Å². The molecule has 0 fully saturated rings. The van der Waals surface area contributed by atoms with Gasteiger partial charge in [0.2, 0.25) is 0 Å². The molecule has 0 saturated heterocycles. The Morgan fingerprint density at radius 3 is 2.50 bits per heavy atom. The van der Waals surface area contributed by atoms with E-state index >= 15 is 0 Å². The third-order valence-corrected chi connectivity index (χ3v) is 3.74. The molecule has 2 rings (SSSR count). The number of carbonyl (C=O) groups is 2. The second-order valence-electron chi connectivity index (χ2n) is 6.60. The molecule has 1 aromatic heterocycles. The van der Waals surface area contributed by atoms with Gasteiger partial charge in [-0.15, -0.1) is 0 Å². The Morgan fingerprint density at radius 2 is 1.88 bits per heavy atom. The monoisotopic (exact) mass is 425 g/mol. The molecular formula is C18H21BrFN3O3. The van der Waals surface area contributed by atoms with Gasteiger partial charge in [0.15, 0.2) is 0 Å². The number of hydrogen-bond donors (Lipinski definition) is 2. The SMILES string of the molecule is CCn1cc(Br)cc1C(=O)Nc1cc(F)ccc1NC(=O)OC(C)(C)C. The summed E-state index contributed by atoms with van der Waals surface area (Å²) in [6.45, 7) is 7.70. The first-order valence-electron chi connectivity index (χ1n) is 8.05. The molecule has 0 spiro atoms. The molecule has 1 aromatic carbocycles. The zero-order valence-corrected chi connectivity index (χ0v) is 16.6. The van der Waals surface area contributed by atoms with Gasteiger partial charge >= 0.3 is 6.09 Å². The molecule has 0 radical (unpaired) electrons. The second-order valence-corrected chi connectivity index (χ2v) is 7.52. The first-order chi connectivity index (χ1) is 12.1. The average molecular weight is 426 g/mol. The Balaban J connectivity index is 2.24. The normalized spacial score (nSPS) is 11.2. The van der Waals surface area contributed by atoms with Crippen LogP contribution < -0.4 is 10.6 Å². The fraction of sp³-hybridized carbons (Fsp3) is 0.333. The molecule has 2 aromatic rings. The zero-order chi connectivity index (χ0) is 19.5. The number of aryl methyl sites for hydroxylation is 1. The zero-order valence-electron chi connectivity index (χ0n) is 15.0. The highest BCUT2D eigenvalue weighted by molar-refractivity contribution is 9.10. The maximum Gasteiger partial charge on any atom is 0.412 e. The minimum Gasteiger partial charge on any atom is -0.444 e. The first kappa shape index (κ1) is 20.0. The highest BCUT2D eigenvalue weighted by Gasteiger charge is 2.19. The average Bonchev–Trinajstić information content (AvgIpc) is 2.89. The summed E-state index contributed by atoms with van der Waals surface area (Å²) in [6, 6.07) is 5.36. The topological polar surface area (TPSA) is 72.4 Å². The number of ether oxygens (including phenoxy) is 1. The van der Waals surface area contributed by atoms with Gasteiger partial charge in [-0.05, 0) is 67.9 Å². The van der Waals surface area contributed by atoms with Gasteiger partial charge in [-0.3, -0.25) is 10.1 Å². The Labute approximate surface area is 159 Å². The molecule has 0 bridgehead atoms. The van der Waals surface area contributed by atoms with E-state index in [1.54, 1.807) is 37.6 Å². The van der Waals surface area contributed by atoms with E-state index in [2.05, 4.69) is 26.6 Å². The molecule has 0 saturated carbocycles. The van der Waals surface area contributed by atoms with Gasteiger partial charge < -0.3 is 14.6 Å². The smallest absolute Gasteiger partial charge is 0.412 e. The van der Waals surface area contributed by atoms with Crippen molar-refractivity contribution in [1.29, 1.82) is 0 Å². The number of carbonyl (C=O) groups excluding carboxylic acids is 2. The van der Waals surface area contributed by atoms with Crippen LogP contribution in [0.5, 0.6) is 0 Å². The van der Waals surface area contributed by atoms with Crippen LogP contribution in [0.3, 0.4) is 0 Å². The van der Waals surface area contributed by atoms with Crippen molar-refractivity contribution in [2.24, 2.45) is 0 Å². The molecule has 6 nitrogen and oxygen atoms in total. The van der Waals surface area contributed by atoms with Crippen molar-refractivity contribution >= 4 is 39.3 Å². The first-order valence-corrected chi connectivity index (χ1v) is 8.85. The lowest BCUT2D eigenvalue weighted by Gasteiger charge is -2.20. The molecule has 8 heteroatoms. The Hall–Kier alpha value is -2.35. The summed E-state index contributed by atoms with van der Waals surface area (Å²) in [5.41, 5.74) is 0.109. The van der Waals surface area contributed by atoms with Crippen LogP contribution in [0.4, 0.5) is 20.6 Å². The molecular weight excluding hydrogens is 405 g/mol. The number of nitrogens with zero attached hydrogens (tertiary/aromatic N) is 1. The van der Waals surface area contributed by atoms with Crippen LogP contribution in [-0.4, -0.2) is 22.2 Å². The van der Waals surface area contributed by atoms with Gasteiger partial charge in [-0.2, -0.15) is 0 Å². The molecule has 0 atom stereocenters. The predicted molar refractivity (Wildman–Crippen MR) is 102 cm³/mol. The lowest BCUT2D eigenvalue weighted by molar-refractivity contribution is 0.0635. The highest BCUT2D eigenvalue weighted by atomic mass is 79.9. The van der Waals surface area contributed by atoms with Gasteiger partial charge in [0.25, 0.3) is 5.91 Å². The summed E-state index contributed by atoms with van der Waals surface area (Å²) in [6.07, 6.45) is 1.08. The standard InChI is InChI=1S/C18H21BrFN3O3/c1-5-23-10-11(19)8-15(23)16(24)21-14-9-12(20)6-7-13(14)22-17(25)26-18(2,3)4/h6-10H,5H2,1-4H3,(H,21,24)(H,22,25). The van der Waals surface area contributed by atoms with Crippen LogP contribution in [-0.2, 0) is 11.3 Å². The van der Waals surface area contributed by atoms with Crippen LogP contribution in [0.15, 0.2) is 34.9 Å². The number of anilines is 2. The fourth-order valence-corrected chi connectivity index (χ4v) is 2.72. The Bertz CT molecular complexity index is 828. The summed E-state index contributed by atoms with van der Waals surface area (Å²) >= 11 is 3.33. The van der Waals surface area contributed by atoms with Gasteiger partial charge in [0.05, 0.1) is 11.4 Å². The maximum atomic E-state index is 13.7. The van der Waals surface area contributed by atoms with Gasteiger partial charge in [0.1, 0.15) is 17.1 Å². The Morgan fingerprint density at radius 1 is 1.19 bits per heavy atom. The third kappa shape index (κ3) is 5.32. The molecule has 0 aliphatic rings. The van der Waals surface area contributed by atoms with E-state index in [1.165, 1.54) is 12.1 Å². The van der Waals surface area contributed by atoms with Crippen LogP contribution in [0, 0.1) is 5.82 Å². The van der Waals surface area contributed by atoms with Gasteiger partial charge in [0, 0.05) is 17.2 Å². The van der Waals surface area contributed by atoms with E-state index in [-0.39, 0.29) is 11.4 Å². The number of rotatable bonds is 4. The molecule has 0 aliphatic heterocycles. The molecule has 2 amide bonds. The quantitative estimate of drug-likeness (QED) is 0.722. The van der Waals surface area contributed by atoms with E-state index in [1.807, 2.05) is 6.92 Å². The highest BCUT2D eigenvalue weighted by Crippen LogP contribution is 2.25. The van der Waals surface area contributed by atoms with Gasteiger partial charge in [-0.1, -0.05) is 0 Å². The van der Waals surface area contributed by atoms with Crippen molar-refractivity contribution in [2.75, 3.05) is 10.6 Å². The van der Waals surface area contributed by atoms with Crippen molar-refractivity contribution in [2.45, 2.75) is 39.8 Å². The summed E-state index contributed by atoms with van der Waals surface area (Å²) in [4.78, 5) is 24.5. The van der Waals surface area contributed by atoms with Crippen molar-refractivity contribution in [3.8, 4) is 0 Å². The number of halogens is 2. The molecule has 2 N–H and O–H groups in total. The van der Waals surface area contributed by atoms with Crippen LogP contribution in [0.1, 0.15) is 38.2 Å². The molecule has 26 heavy (non-hydrogen) atoms. The minimum absolute atomic E-state index is 0.140. The minimum atomic E-state index is -0.695. The number of nitrogens with one attached hydrogen (secondary N) is 2. The van der Waals surface area contributed by atoms with E-state index in [9.17, 15) is 14.0 Å². The largest absolute Gasteiger partial charge is 0.444 e. The van der Waals surface area contributed by atoms with Crippen molar-refractivity contribution < 1.29 is 18.7 Å². The maximum absolute atomic E-state index is 13.7. The third-order valence-electron chi connectivity index (χ3n) is 3.30. The van der Waals surface area contributed by atoms with E-state index < -0.39 is 23.4 Å². The lowest BCUT2D eigenvalue weighted by Crippen LogP contribution is -2.27. The number of amides is 2. The number of aromatic nitrogens is 1. The van der Waals surface area contributed by atoms with E-state index in [0.29, 0.717) is 12.2 Å². The van der Waals surface area contributed by atoms with Crippen LogP contribution in [0.25, 0.3) is 0 Å².